The number of halogens is 4. The molecule has 7 nitrogen and oxygen atoms in total. The number of aromatic nitrogens is 1. The number of nitrogens with zero attached hydrogens (tertiary/aromatic N) is 3. The first-order valence-corrected chi connectivity index (χ1v) is 8.61. The third-order valence-electron chi connectivity index (χ3n) is 3.57. The van der Waals surface area contributed by atoms with E-state index >= 15 is 0 Å². The van der Waals surface area contributed by atoms with Crippen molar-refractivity contribution in [3.8, 4) is 5.88 Å². The van der Waals surface area contributed by atoms with Crippen LogP contribution < -0.4 is 15.4 Å². The van der Waals surface area contributed by atoms with Gasteiger partial charge in [0.05, 0.1) is 0 Å². The molecule has 2 N–H and O–H groups in total. The number of guanidine groups is 1. The highest BCUT2D eigenvalue weighted by molar-refractivity contribution is 14.0. The van der Waals surface area contributed by atoms with Crippen molar-refractivity contribution in [1.82, 2.24) is 20.5 Å². The third-order valence-corrected chi connectivity index (χ3v) is 3.57. The Morgan fingerprint density at radius 2 is 2.04 bits per heavy atom. The van der Waals surface area contributed by atoms with Crippen molar-refractivity contribution < 1.29 is 22.6 Å². The summed E-state index contributed by atoms with van der Waals surface area (Å²) < 4.78 is 46.8. The Bertz CT molecular complexity index is 576. The Morgan fingerprint density at radius 1 is 1.29 bits per heavy atom. The molecule has 28 heavy (non-hydrogen) atoms. The molecular formula is C17H29F3IN5O2. The molecule has 0 saturated carbocycles. The highest BCUT2D eigenvalue weighted by atomic mass is 127. The van der Waals surface area contributed by atoms with Gasteiger partial charge in [-0.1, -0.05) is 6.07 Å². The minimum Gasteiger partial charge on any atom is -0.468 e. The molecule has 0 amide bonds. The van der Waals surface area contributed by atoms with E-state index in [1.165, 1.54) is 6.20 Å². The van der Waals surface area contributed by atoms with Crippen molar-refractivity contribution in [3.63, 3.8) is 0 Å². The SMILES string of the molecule is CN=C(NCCN(C)CCCOC)NCc1cccnc1OCC(F)(F)F.I. The van der Waals surface area contributed by atoms with E-state index in [1.807, 2.05) is 7.05 Å². The summed E-state index contributed by atoms with van der Waals surface area (Å²) in [5.41, 5.74) is 0.515. The van der Waals surface area contributed by atoms with Crippen molar-refractivity contribution in [2.45, 2.75) is 19.1 Å². The monoisotopic (exact) mass is 519 g/mol. The summed E-state index contributed by atoms with van der Waals surface area (Å²) in [7, 11) is 5.33. The predicted octanol–water partition coefficient (Wildman–Crippen LogP) is 2.27. The van der Waals surface area contributed by atoms with Gasteiger partial charge in [0.25, 0.3) is 0 Å². The number of hydrogen-bond donors (Lipinski definition) is 2. The van der Waals surface area contributed by atoms with Crippen molar-refractivity contribution in [3.05, 3.63) is 23.9 Å². The standard InChI is InChI=1S/C17H28F3N5O2.HI/c1-21-16(23-8-10-25(2)9-5-11-26-3)24-12-14-6-4-7-22-15(14)27-13-17(18,19)20;/h4,6-7H,5,8-13H2,1-3H3,(H2,21,23,24);1H. The van der Waals surface area contributed by atoms with Crippen LogP contribution in [0.3, 0.4) is 0 Å². The van der Waals surface area contributed by atoms with Crippen molar-refractivity contribution in [2.24, 2.45) is 4.99 Å². The van der Waals surface area contributed by atoms with E-state index in [0.717, 1.165) is 26.1 Å². The van der Waals surface area contributed by atoms with E-state index in [-0.39, 0.29) is 36.4 Å². The molecule has 1 rings (SSSR count). The third kappa shape index (κ3) is 12.2. The van der Waals surface area contributed by atoms with Gasteiger partial charge in [-0.2, -0.15) is 13.2 Å². The van der Waals surface area contributed by atoms with E-state index < -0.39 is 12.8 Å². The fraction of sp³-hybridized carbons (Fsp3) is 0.647. The summed E-state index contributed by atoms with van der Waals surface area (Å²) in [5.74, 6) is 0.501. The maximum atomic E-state index is 12.3. The van der Waals surface area contributed by atoms with Crippen LogP contribution in [-0.4, -0.2) is 76.1 Å². The number of alkyl halides is 3. The molecule has 0 saturated heterocycles. The molecule has 0 aliphatic heterocycles. The number of rotatable bonds is 11. The Kier molecular flexibility index (Phi) is 13.9. The zero-order chi connectivity index (χ0) is 20.1. The van der Waals surface area contributed by atoms with Crippen LogP contribution in [0.4, 0.5) is 13.2 Å². The Hall–Kier alpha value is -1.34. The second kappa shape index (κ2) is 14.6. The van der Waals surface area contributed by atoms with E-state index in [9.17, 15) is 13.2 Å². The van der Waals surface area contributed by atoms with E-state index in [2.05, 4.69) is 25.5 Å². The Balaban J connectivity index is 0.00000729. The van der Waals surface area contributed by atoms with Crippen LogP contribution in [0.1, 0.15) is 12.0 Å². The topological polar surface area (TPSA) is 71.0 Å². The molecule has 0 atom stereocenters. The molecule has 0 spiro atoms. The van der Waals surface area contributed by atoms with Gasteiger partial charge in [0.15, 0.2) is 12.6 Å². The summed E-state index contributed by atoms with van der Waals surface area (Å²) in [6, 6.07) is 3.30. The lowest BCUT2D eigenvalue weighted by Gasteiger charge is -2.18. The highest BCUT2D eigenvalue weighted by Crippen LogP contribution is 2.19. The van der Waals surface area contributed by atoms with Crippen LogP contribution >= 0.6 is 24.0 Å². The van der Waals surface area contributed by atoms with Gasteiger partial charge >= 0.3 is 6.18 Å². The van der Waals surface area contributed by atoms with E-state index in [4.69, 9.17) is 9.47 Å². The number of aliphatic imine (C=N–C) groups is 1. The second-order valence-corrected chi connectivity index (χ2v) is 5.87. The molecule has 0 aromatic carbocycles. The molecule has 0 aliphatic rings. The molecule has 1 heterocycles. The molecule has 0 radical (unpaired) electrons. The van der Waals surface area contributed by atoms with Crippen LogP contribution in [0, 0.1) is 0 Å². The number of methoxy groups -OCH3 is 1. The summed E-state index contributed by atoms with van der Waals surface area (Å²) in [6.45, 7) is 2.01. The van der Waals surface area contributed by atoms with E-state index in [0.29, 0.717) is 18.1 Å². The van der Waals surface area contributed by atoms with Crippen molar-refractivity contribution >= 4 is 29.9 Å². The maximum absolute atomic E-state index is 12.3. The average molecular weight is 519 g/mol. The van der Waals surface area contributed by atoms with Gasteiger partial charge in [-0.3, -0.25) is 4.99 Å². The van der Waals surface area contributed by atoms with Crippen LogP contribution in [-0.2, 0) is 11.3 Å². The Morgan fingerprint density at radius 3 is 2.68 bits per heavy atom. The minimum atomic E-state index is -4.41. The number of ether oxygens (including phenoxy) is 2. The summed E-state index contributed by atoms with van der Waals surface area (Å²) >= 11 is 0. The van der Waals surface area contributed by atoms with Crippen LogP contribution in [0.5, 0.6) is 5.88 Å². The zero-order valence-corrected chi connectivity index (χ0v) is 18.7. The van der Waals surface area contributed by atoms with Gasteiger partial charge in [0, 0.05) is 58.7 Å². The van der Waals surface area contributed by atoms with Gasteiger partial charge in [-0.05, 0) is 19.5 Å². The van der Waals surface area contributed by atoms with Crippen LogP contribution in [0.2, 0.25) is 0 Å². The first-order valence-electron chi connectivity index (χ1n) is 8.61. The minimum absolute atomic E-state index is 0. The number of hydrogen-bond acceptors (Lipinski definition) is 5. The number of nitrogens with one attached hydrogen (secondary N) is 2. The normalized spacial score (nSPS) is 11.9. The predicted molar refractivity (Wildman–Crippen MR) is 113 cm³/mol. The van der Waals surface area contributed by atoms with Gasteiger partial charge in [-0.15, -0.1) is 24.0 Å². The molecule has 1 aromatic heterocycles. The quantitative estimate of drug-likeness (QED) is 0.203. The van der Waals surface area contributed by atoms with Crippen LogP contribution in [0.15, 0.2) is 23.3 Å². The van der Waals surface area contributed by atoms with Crippen LogP contribution in [0.25, 0.3) is 0 Å². The summed E-state index contributed by atoms with van der Waals surface area (Å²) in [5, 5.41) is 6.21. The molecule has 0 fully saturated rings. The van der Waals surface area contributed by atoms with Gasteiger partial charge in [-0.25, -0.2) is 4.98 Å². The maximum Gasteiger partial charge on any atom is 0.422 e. The first kappa shape index (κ1) is 26.7. The molecule has 0 unspecified atom stereocenters. The molecule has 0 aliphatic carbocycles. The first-order chi connectivity index (χ1) is 12.9. The van der Waals surface area contributed by atoms with Gasteiger partial charge < -0.3 is 25.0 Å². The smallest absolute Gasteiger partial charge is 0.422 e. The molecular weight excluding hydrogens is 490 g/mol. The second-order valence-electron chi connectivity index (χ2n) is 5.87. The molecule has 162 valence electrons. The fourth-order valence-corrected chi connectivity index (χ4v) is 2.19. The van der Waals surface area contributed by atoms with E-state index in [1.54, 1.807) is 26.3 Å². The fourth-order valence-electron chi connectivity index (χ4n) is 2.19. The average Bonchev–Trinajstić information content (AvgIpc) is 2.63. The zero-order valence-electron chi connectivity index (χ0n) is 16.4. The highest BCUT2D eigenvalue weighted by Gasteiger charge is 2.29. The summed E-state index contributed by atoms with van der Waals surface area (Å²) in [6.07, 6.45) is -2.06. The lowest BCUT2D eigenvalue weighted by atomic mass is 10.2. The molecule has 1 aromatic rings. The lowest BCUT2D eigenvalue weighted by molar-refractivity contribution is -0.154. The molecule has 11 heteroatoms. The van der Waals surface area contributed by atoms with Crippen molar-refractivity contribution in [2.75, 3.05) is 54.1 Å². The molecule has 0 bridgehead atoms. The van der Waals surface area contributed by atoms with Gasteiger partial charge in [0.2, 0.25) is 5.88 Å². The largest absolute Gasteiger partial charge is 0.468 e. The number of pyridine rings is 1. The van der Waals surface area contributed by atoms with Gasteiger partial charge in [0.1, 0.15) is 0 Å². The number of likely N-dealkylation sites (N-methyl/N-ethyl adjacent to an activating group) is 1. The lowest BCUT2D eigenvalue weighted by Crippen LogP contribution is -2.40. The summed E-state index contributed by atoms with van der Waals surface area (Å²) in [4.78, 5) is 10.1. The van der Waals surface area contributed by atoms with Crippen molar-refractivity contribution in [1.29, 1.82) is 0 Å². The Labute approximate surface area is 181 Å².